The van der Waals surface area contributed by atoms with Crippen LogP contribution in [0.15, 0.2) is 303 Å². The Morgan fingerprint density at radius 2 is 0.577 bits per heavy atom. The summed E-state index contributed by atoms with van der Waals surface area (Å²) in [5, 5.41) is 12.2. The number of rotatable bonds is 9. The maximum atomic E-state index is 2.46. The number of nitrogens with zero attached hydrogens (tertiary/aromatic N) is 2. The molecular formula is C76H50N2. The molecule has 0 radical (unpaired) electrons. The topological polar surface area (TPSA) is 9.86 Å². The smallest absolute Gasteiger partial charge is 0.0535 e. The minimum Gasteiger partial charge on any atom is -0.309 e. The van der Waals surface area contributed by atoms with Crippen LogP contribution < -0.4 is 0 Å². The summed E-state index contributed by atoms with van der Waals surface area (Å²) in [5.74, 6) is 0. The third kappa shape index (κ3) is 7.57. The lowest BCUT2D eigenvalue weighted by molar-refractivity contribution is 1.10. The van der Waals surface area contributed by atoms with Gasteiger partial charge in [0.05, 0.1) is 22.8 Å². The van der Waals surface area contributed by atoms with Gasteiger partial charge in [-0.05, 0) is 164 Å². The van der Waals surface area contributed by atoms with E-state index < -0.39 is 0 Å². The van der Waals surface area contributed by atoms with Crippen LogP contribution in [-0.2, 0) is 0 Å². The van der Waals surface area contributed by atoms with Crippen molar-refractivity contribution >= 4 is 53.9 Å². The van der Waals surface area contributed by atoms with Gasteiger partial charge in [0.1, 0.15) is 0 Å². The van der Waals surface area contributed by atoms with Gasteiger partial charge in [-0.25, -0.2) is 0 Å². The number of benzene rings is 13. The van der Waals surface area contributed by atoms with Crippen LogP contribution in [0.3, 0.4) is 0 Å². The van der Waals surface area contributed by atoms with Crippen LogP contribution in [0.25, 0.3) is 144 Å². The molecule has 2 heteroatoms. The minimum absolute atomic E-state index is 1.10. The molecule has 0 amide bonds. The average molecular weight is 991 g/mol. The molecule has 0 unspecified atom stereocenters. The van der Waals surface area contributed by atoms with Crippen molar-refractivity contribution in [1.82, 2.24) is 9.13 Å². The van der Waals surface area contributed by atoms with Gasteiger partial charge in [-0.2, -0.15) is 0 Å². The van der Waals surface area contributed by atoms with Gasteiger partial charge >= 0.3 is 0 Å². The van der Waals surface area contributed by atoms with Crippen molar-refractivity contribution < 1.29 is 0 Å². The highest BCUT2D eigenvalue weighted by Gasteiger charge is 2.23. The van der Waals surface area contributed by atoms with E-state index in [1.807, 2.05) is 0 Å². The summed E-state index contributed by atoms with van der Waals surface area (Å²) in [6, 6.07) is 112. The zero-order valence-corrected chi connectivity index (χ0v) is 42.8. The fraction of sp³-hybridized carbons (Fsp3) is 0. The molecule has 0 atom stereocenters. The number of hydrogen-bond acceptors (Lipinski definition) is 0. The molecule has 2 heterocycles. The maximum absolute atomic E-state index is 2.46. The monoisotopic (exact) mass is 990 g/mol. The molecule has 0 spiro atoms. The molecule has 15 rings (SSSR count). The lowest BCUT2D eigenvalue weighted by Crippen LogP contribution is -2.02. The lowest BCUT2D eigenvalue weighted by Gasteiger charge is -2.22. The Bertz CT molecular complexity index is 4620. The Morgan fingerprint density at radius 3 is 1.10 bits per heavy atom. The first-order valence-corrected chi connectivity index (χ1v) is 26.9. The SMILES string of the molecule is c1ccc(-c2ccc(-c3ccccc3)n2-c2ccc3c(-c4cccc5ccccc45)c4cc(-n5c(-c6ccccc6)ccc5-c5ccccc5)ccc4c(-c4ccc(-c5cc6ccccc6c6ccccc56)cc4)c3c2)cc1. The third-order valence-corrected chi connectivity index (χ3v) is 16.0. The summed E-state index contributed by atoms with van der Waals surface area (Å²) in [6.07, 6.45) is 0. The van der Waals surface area contributed by atoms with Gasteiger partial charge in [0, 0.05) is 11.4 Å². The highest BCUT2D eigenvalue weighted by atomic mass is 15.0. The first kappa shape index (κ1) is 45.1. The van der Waals surface area contributed by atoms with E-state index >= 15 is 0 Å². The van der Waals surface area contributed by atoms with Gasteiger partial charge in [0.15, 0.2) is 0 Å². The van der Waals surface area contributed by atoms with Crippen molar-refractivity contribution in [3.05, 3.63) is 303 Å². The molecule has 0 saturated carbocycles. The van der Waals surface area contributed by atoms with Crippen molar-refractivity contribution in [3.63, 3.8) is 0 Å². The Labute approximate surface area is 453 Å². The van der Waals surface area contributed by atoms with Gasteiger partial charge in [-0.3, -0.25) is 0 Å². The largest absolute Gasteiger partial charge is 0.309 e. The summed E-state index contributed by atoms with van der Waals surface area (Å²) in [7, 11) is 0. The molecule has 0 N–H and O–H groups in total. The molecule has 15 aromatic rings. The van der Waals surface area contributed by atoms with Crippen LogP contribution >= 0.6 is 0 Å². The second-order valence-electron chi connectivity index (χ2n) is 20.3. The molecule has 0 fully saturated rings. The number of aromatic nitrogens is 2. The van der Waals surface area contributed by atoms with Crippen LogP contribution in [0.5, 0.6) is 0 Å². The molecular weight excluding hydrogens is 941 g/mol. The van der Waals surface area contributed by atoms with Gasteiger partial charge in [0.25, 0.3) is 0 Å². The summed E-state index contributed by atoms with van der Waals surface area (Å²) in [4.78, 5) is 0. The van der Waals surface area contributed by atoms with Gasteiger partial charge in [-0.1, -0.05) is 249 Å². The first-order valence-electron chi connectivity index (χ1n) is 26.9. The van der Waals surface area contributed by atoms with E-state index in [1.165, 1.54) is 81.7 Å². The summed E-state index contributed by atoms with van der Waals surface area (Å²) in [6.45, 7) is 0. The van der Waals surface area contributed by atoms with Crippen LogP contribution in [0.2, 0.25) is 0 Å². The first-order chi connectivity index (χ1) is 38.7. The molecule has 2 nitrogen and oxygen atoms in total. The van der Waals surface area contributed by atoms with Gasteiger partial charge in [-0.15, -0.1) is 0 Å². The minimum atomic E-state index is 1.10. The molecule has 0 bridgehead atoms. The summed E-state index contributed by atoms with van der Waals surface area (Å²) in [5.41, 5.74) is 18.6. The Morgan fingerprint density at radius 1 is 0.179 bits per heavy atom. The predicted molar refractivity (Wildman–Crippen MR) is 331 cm³/mol. The van der Waals surface area contributed by atoms with Crippen LogP contribution in [0.1, 0.15) is 0 Å². The van der Waals surface area contributed by atoms with Gasteiger partial charge < -0.3 is 9.13 Å². The van der Waals surface area contributed by atoms with Crippen molar-refractivity contribution in [1.29, 1.82) is 0 Å². The van der Waals surface area contributed by atoms with E-state index in [9.17, 15) is 0 Å². The molecule has 78 heavy (non-hydrogen) atoms. The number of hydrogen-bond donors (Lipinski definition) is 0. The van der Waals surface area contributed by atoms with E-state index in [0.717, 1.165) is 62.0 Å². The average Bonchev–Trinajstić information content (AvgIpc) is 4.22. The normalized spacial score (nSPS) is 11.6. The molecule has 2 aromatic heterocycles. The molecule has 0 saturated heterocycles. The summed E-state index contributed by atoms with van der Waals surface area (Å²) >= 11 is 0. The molecule has 0 aliphatic heterocycles. The van der Waals surface area contributed by atoms with Crippen LogP contribution in [0, 0.1) is 0 Å². The Hall–Kier alpha value is -10.3. The molecule has 0 aliphatic carbocycles. The van der Waals surface area contributed by atoms with E-state index in [2.05, 4.69) is 312 Å². The summed E-state index contributed by atoms with van der Waals surface area (Å²) < 4.78 is 4.91. The van der Waals surface area contributed by atoms with E-state index in [1.54, 1.807) is 0 Å². The van der Waals surface area contributed by atoms with E-state index in [-0.39, 0.29) is 0 Å². The van der Waals surface area contributed by atoms with Crippen LogP contribution in [0.4, 0.5) is 0 Å². The lowest BCUT2D eigenvalue weighted by atomic mass is 9.84. The Balaban J connectivity index is 1.05. The van der Waals surface area contributed by atoms with Crippen molar-refractivity contribution in [2.45, 2.75) is 0 Å². The second-order valence-corrected chi connectivity index (χ2v) is 20.3. The fourth-order valence-electron chi connectivity index (χ4n) is 12.4. The highest BCUT2D eigenvalue weighted by molar-refractivity contribution is 6.24. The zero-order valence-electron chi connectivity index (χ0n) is 42.8. The van der Waals surface area contributed by atoms with E-state index in [0.29, 0.717) is 0 Å². The van der Waals surface area contributed by atoms with Crippen LogP contribution in [-0.4, -0.2) is 9.13 Å². The maximum Gasteiger partial charge on any atom is 0.0535 e. The zero-order chi connectivity index (χ0) is 51.5. The molecule has 364 valence electrons. The quantitative estimate of drug-likeness (QED) is 0.101. The highest BCUT2D eigenvalue weighted by Crippen LogP contribution is 2.48. The number of fused-ring (bicyclic) bond motifs is 6. The van der Waals surface area contributed by atoms with Crippen molar-refractivity contribution in [3.8, 4) is 89.8 Å². The standard InChI is InChI=1S/C76H50N2/c1-5-21-53(22-6-1)71-44-45-72(54-23-7-2-8-24-54)77(71)59-41-43-67-69(49-59)75(57-38-36-52(37-39-57)68-48-58-29-14-16-32-62(58)63-33-17-18-34-64(63)68)66-42-40-60(50-70(66)76(67)65-35-19-30-51-20-13-15-31-61(51)65)78-73(55-25-9-3-10-26-55)46-47-74(78)56-27-11-4-12-28-56/h1-50H. The molecule has 13 aromatic carbocycles. The predicted octanol–water partition coefficient (Wildman–Crippen LogP) is 20.7. The van der Waals surface area contributed by atoms with Gasteiger partial charge in [0.2, 0.25) is 0 Å². The Kier molecular flexibility index (Phi) is 10.9. The third-order valence-electron chi connectivity index (χ3n) is 16.0. The van der Waals surface area contributed by atoms with E-state index in [4.69, 9.17) is 0 Å². The molecule has 0 aliphatic rings. The second kappa shape index (κ2) is 18.8. The fourth-order valence-corrected chi connectivity index (χ4v) is 12.4. The van der Waals surface area contributed by atoms with Crippen molar-refractivity contribution in [2.24, 2.45) is 0 Å². The van der Waals surface area contributed by atoms with Crippen molar-refractivity contribution in [2.75, 3.05) is 0 Å².